The molecule has 0 aliphatic heterocycles. The standard InChI is InChI=1S/C25H29FN6O3/c1-25(2,35)23(26)14-29-24(34)19-13-28-21(10-20(19)31-16-3-6-18(33)7-4-16)22-8-5-17-9-15(11-27)12-30-32(17)22/h5,8-10,12-13,16,18,23,33,35H,3-4,6-7,14H2,1-2H3,(H,28,31)(H,29,34)/t16-,18+,23-/m1/s1. The minimum atomic E-state index is -1.63. The van der Waals surface area contributed by atoms with E-state index in [1.54, 1.807) is 16.6 Å². The van der Waals surface area contributed by atoms with Crippen LogP contribution in [-0.2, 0) is 0 Å². The molecule has 1 aliphatic rings. The number of aliphatic hydroxyl groups is 2. The number of fused-ring (bicyclic) bond motifs is 1. The van der Waals surface area contributed by atoms with Crippen molar-refractivity contribution in [3.05, 3.63) is 47.8 Å². The summed E-state index contributed by atoms with van der Waals surface area (Å²) in [6.07, 6.45) is 3.79. The summed E-state index contributed by atoms with van der Waals surface area (Å²) in [5.74, 6) is -0.508. The summed E-state index contributed by atoms with van der Waals surface area (Å²) in [7, 11) is 0. The summed E-state index contributed by atoms with van der Waals surface area (Å²) in [6.45, 7) is 2.36. The quantitative estimate of drug-likeness (QED) is 0.408. The van der Waals surface area contributed by atoms with Crippen molar-refractivity contribution in [2.24, 2.45) is 0 Å². The van der Waals surface area contributed by atoms with E-state index < -0.39 is 17.7 Å². The van der Waals surface area contributed by atoms with Crippen LogP contribution in [0, 0.1) is 11.3 Å². The molecular formula is C25H29FN6O3. The maximum atomic E-state index is 14.2. The van der Waals surface area contributed by atoms with Gasteiger partial charge in [-0.1, -0.05) is 0 Å². The van der Waals surface area contributed by atoms with Crippen molar-refractivity contribution in [2.45, 2.75) is 63.4 Å². The highest BCUT2D eigenvalue weighted by Crippen LogP contribution is 2.28. The molecule has 0 bridgehead atoms. The van der Waals surface area contributed by atoms with Crippen LogP contribution in [0.15, 0.2) is 36.7 Å². The molecule has 0 spiro atoms. The largest absolute Gasteiger partial charge is 0.393 e. The van der Waals surface area contributed by atoms with Crippen molar-refractivity contribution in [3.8, 4) is 17.5 Å². The van der Waals surface area contributed by atoms with Crippen LogP contribution in [-0.4, -0.2) is 61.2 Å². The SMILES string of the molecule is CC(C)(O)[C@H](F)CNC(=O)c1cnc(-c2ccc3cc(C#N)cnn23)cc1N[C@H]1CC[C@@H](O)CC1. The molecular weight excluding hydrogens is 451 g/mol. The van der Waals surface area contributed by atoms with E-state index in [0.717, 1.165) is 18.4 Å². The van der Waals surface area contributed by atoms with Gasteiger partial charge in [0.25, 0.3) is 5.91 Å². The van der Waals surface area contributed by atoms with Crippen LogP contribution in [0.5, 0.6) is 0 Å². The number of nitrogens with one attached hydrogen (secondary N) is 2. The van der Waals surface area contributed by atoms with Gasteiger partial charge in [0.05, 0.1) is 58.2 Å². The molecule has 1 aliphatic carbocycles. The normalized spacial score (nSPS) is 19.2. The van der Waals surface area contributed by atoms with Crippen LogP contribution in [0.2, 0.25) is 0 Å². The highest BCUT2D eigenvalue weighted by molar-refractivity contribution is 6.00. The Morgan fingerprint density at radius 2 is 2.03 bits per heavy atom. The van der Waals surface area contributed by atoms with Crippen molar-refractivity contribution < 1.29 is 19.4 Å². The number of hydrogen-bond donors (Lipinski definition) is 4. The Labute approximate surface area is 202 Å². The van der Waals surface area contributed by atoms with Gasteiger partial charge >= 0.3 is 0 Å². The molecule has 1 saturated carbocycles. The summed E-state index contributed by atoms with van der Waals surface area (Å²) < 4.78 is 15.9. The first-order chi connectivity index (χ1) is 16.7. The number of hydrogen-bond acceptors (Lipinski definition) is 7. The van der Waals surface area contributed by atoms with E-state index in [1.807, 2.05) is 12.1 Å². The molecule has 4 N–H and O–H groups in total. The fourth-order valence-electron chi connectivity index (χ4n) is 4.12. The topological polar surface area (TPSA) is 136 Å². The third-order valence-corrected chi connectivity index (χ3v) is 6.31. The van der Waals surface area contributed by atoms with E-state index in [0.29, 0.717) is 35.5 Å². The molecule has 0 unspecified atom stereocenters. The molecule has 1 amide bonds. The van der Waals surface area contributed by atoms with Crippen LogP contribution in [0.4, 0.5) is 10.1 Å². The van der Waals surface area contributed by atoms with Crippen molar-refractivity contribution in [2.75, 3.05) is 11.9 Å². The molecule has 9 nitrogen and oxygen atoms in total. The number of pyridine rings is 1. The molecule has 1 fully saturated rings. The van der Waals surface area contributed by atoms with Crippen LogP contribution in [0.1, 0.15) is 55.5 Å². The van der Waals surface area contributed by atoms with Crippen molar-refractivity contribution >= 4 is 17.1 Å². The van der Waals surface area contributed by atoms with Gasteiger partial charge in [0, 0.05) is 12.2 Å². The lowest BCUT2D eigenvalue weighted by atomic mass is 9.93. The number of nitrogens with zero attached hydrogens (tertiary/aromatic N) is 4. The van der Waals surface area contributed by atoms with E-state index in [2.05, 4.69) is 26.8 Å². The number of halogens is 1. The number of carbonyl (C=O) groups is 1. The summed E-state index contributed by atoms with van der Waals surface area (Å²) in [6, 6.07) is 9.28. The fourth-order valence-corrected chi connectivity index (χ4v) is 4.12. The Bertz CT molecular complexity index is 1250. The maximum absolute atomic E-state index is 14.2. The van der Waals surface area contributed by atoms with Gasteiger partial charge in [0.1, 0.15) is 12.2 Å². The molecule has 10 heteroatoms. The molecule has 0 radical (unpaired) electrons. The van der Waals surface area contributed by atoms with Crippen LogP contribution in [0.25, 0.3) is 16.9 Å². The first-order valence-electron chi connectivity index (χ1n) is 11.6. The Morgan fingerprint density at radius 1 is 1.29 bits per heavy atom. The van der Waals surface area contributed by atoms with Crippen LogP contribution >= 0.6 is 0 Å². The number of anilines is 1. The predicted molar refractivity (Wildman–Crippen MR) is 129 cm³/mol. The van der Waals surface area contributed by atoms with Crippen LogP contribution in [0.3, 0.4) is 0 Å². The smallest absolute Gasteiger partial charge is 0.255 e. The van der Waals surface area contributed by atoms with Gasteiger partial charge in [0.2, 0.25) is 0 Å². The second-order valence-electron chi connectivity index (χ2n) is 9.51. The highest BCUT2D eigenvalue weighted by Gasteiger charge is 2.28. The Kier molecular flexibility index (Phi) is 7.00. The zero-order valence-corrected chi connectivity index (χ0v) is 19.7. The molecule has 3 aromatic heterocycles. The molecule has 1 atom stereocenters. The summed E-state index contributed by atoms with van der Waals surface area (Å²) in [5, 5.41) is 39.1. The molecule has 4 rings (SSSR count). The molecule has 0 saturated heterocycles. The predicted octanol–water partition coefficient (Wildman–Crippen LogP) is 2.82. The van der Waals surface area contributed by atoms with Gasteiger partial charge in [-0.2, -0.15) is 10.4 Å². The van der Waals surface area contributed by atoms with Gasteiger partial charge in [-0.3, -0.25) is 9.78 Å². The third kappa shape index (κ3) is 5.58. The van der Waals surface area contributed by atoms with Gasteiger partial charge in [-0.05, 0) is 63.8 Å². The fraction of sp³-hybridized carbons (Fsp3) is 0.440. The minimum absolute atomic E-state index is 0.0610. The van der Waals surface area contributed by atoms with Crippen molar-refractivity contribution in [1.29, 1.82) is 5.26 Å². The van der Waals surface area contributed by atoms with Gasteiger partial charge < -0.3 is 20.8 Å². The number of rotatable bonds is 7. The number of aliphatic hydroxyl groups excluding tert-OH is 1. The minimum Gasteiger partial charge on any atom is -0.393 e. The summed E-state index contributed by atoms with van der Waals surface area (Å²) in [5.41, 5.74) is 1.65. The van der Waals surface area contributed by atoms with Crippen LogP contribution < -0.4 is 10.6 Å². The first kappa shape index (κ1) is 24.6. The van der Waals surface area contributed by atoms with E-state index >= 15 is 0 Å². The summed E-state index contributed by atoms with van der Waals surface area (Å²) in [4.78, 5) is 17.4. The monoisotopic (exact) mass is 480 g/mol. The second-order valence-corrected chi connectivity index (χ2v) is 9.51. The maximum Gasteiger partial charge on any atom is 0.255 e. The van der Waals surface area contributed by atoms with Gasteiger partial charge in [-0.15, -0.1) is 0 Å². The van der Waals surface area contributed by atoms with Gasteiger partial charge in [-0.25, -0.2) is 8.91 Å². The zero-order chi connectivity index (χ0) is 25.2. The van der Waals surface area contributed by atoms with Crippen molar-refractivity contribution in [1.82, 2.24) is 19.9 Å². The molecule has 184 valence electrons. The third-order valence-electron chi connectivity index (χ3n) is 6.31. The lowest BCUT2D eigenvalue weighted by molar-refractivity contribution is -0.00177. The number of amides is 1. The summed E-state index contributed by atoms with van der Waals surface area (Å²) >= 11 is 0. The Balaban J connectivity index is 1.65. The highest BCUT2D eigenvalue weighted by atomic mass is 19.1. The van der Waals surface area contributed by atoms with E-state index in [-0.39, 0.29) is 24.3 Å². The van der Waals surface area contributed by atoms with E-state index in [4.69, 9.17) is 5.26 Å². The van der Waals surface area contributed by atoms with E-state index in [1.165, 1.54) is 26.2 Å². The average Bonchev–Trinajstić information content (AvgIpc) is 3.26. The Morgan fingerprint density at radius 3 is 2.71 bits per heavy atom. The van der Waals surface area contributed by atoms with Crippen molar-refractivity contribution in [3.63, 3.8) is 0 Å². The number of alkyl halides is 1. The average molecular weight is 481 g/mol. The Hall–Kier alpha value is -3.55. The molecule has 0 aromatic carbocycles. The zero-order valence-electron chi connectivity index (χ0n) is 19.7. The molecule has 3 heterocycles. The number of nitriles is 1. The number of carbonyl (C=O) groups excluding carboxylic acids is 1. The molecule has 3 aromatic rings. The lowest BCUT2D eigenvalue weighted by Crippen LogP contribution is -2.42. The number of aromatic nitrogens is 3. The second kappa shape index (κ2) is 9.98. The molecule has 35 heavy (non-hydrogen) atoms. The van der Waals surface area contributed by atoms with E-state index in [9.17, 15) is 19.4 Å². The first-order valence-corrected chi connectivity index (χ1v) is 11.6. The lowest BCUT2D eigenvalue weighted by Gasteiger charge is -2.28. The van der Waals surface area contributed by atoms with Gasteiger partial charge in [0.15, 0.2) is 0 Å².